The number of nitrogens with zero attached hydrogens (tertiary/aromatic N) is 1. The van der Waals surface area contributed by atoms with E-state index in [2.05, 4.69) is 31.2 Å². The molecule has 0 spiro atoms. The van der Waals surface area contributed by atoms with Crippen molar-refractivity contribution in [3.8, 4) is 0 Å². The Balaban J connectivity index is 4.09. The molecule has 3 atom stereocenters. The van der Waals surface area contributed by atoms with Crippen LogP contribution in [0.5, 0.6) is 0 Å². The highest BCUT2D eigenvalue weighted by Crippen LogP contribution is 2.51. The van der Waals surface area contributed by atoms with Crippen LogP contribution in [0.3, 0.4) is 0 Å². The zero-order valence-corrected chi connectivity index (χ0v) is 27.1. The molecule has 0 radical (unpaired) electrons. The van der Waals surface area contributed by atoms with Crippen molar-refractivity contribution in [2.45, 2.75) is 136 Å². The molecule has 0 aromatic heterocycles. The monoisotopic (exact) mass is 560 g/mol. The molecule has 0 aliphatic heterocycles. The number of quaternary nitrogens is 1. The third kappa shape index (κ3) is 21.3. The van der Waals surface area contributed by atoms with Crippen LogP contribution in [0.2, 0.25) is 0 Å². The third-order valence-corrected chi connectivity index (χ3v) is 8.69. The Hall–Kier alpha value is -0.490. The van der Waals surface area contributed by atoms with Crippen molar-refractivity contribution in [2.24, 2.45) is 0 Å². The molecule has 7 heteroatoms. The van der Waals surface area contributed by atoms with Crippen LogP contribution in [0.15, 0.2) is 24.3 Å². The van der Waals surface area contributed by atoms with E-state index in [4.69, 9.17) is 14.0 Å². The van der Waals surface area contributed by atoms with Gasteiger partial charge in [0.2, 0.25) is 0 Å². The molecule has 6 nitrogen and oxygen atoms in total. The third-order valence-electron chi connectivity index (χ3n) is 6.36. The van der Waals surface area contributed by atoms with Gasteiger partial charge in [-0.15, -0.1) is 0 Å². The molecule has 2 unspecified atom stereocenters. The Bertz CT molecular complexity index is 666. The summed E-state index contributed by atoms with van der Waals surface area (Å²) < 4.78 is 30.8. The van der Waals surface area contributed by atoms with Crippen molar-refractivity contribution in [3.63, 3.8) is 0 Å². The van der Waals surface area contributed by atoms with Gasteiger partial charge in [-0.05, 0) is 78.6 Å². The van der Waals surface area contributed by atoms with Crippen LogP contribution < -0.4 is 0 Å². The Morgan fingerprint density at radius 2 is 1.29 bits per heavy atom. The van der Waals surface area contributed by atoms with Gasteiger partial charge in [0.05, 0.1) is 40.0 Å². The lowest BCUT2D eigenvalue weighted by Gasteiger charge is -2.36. The van der Waals surface area contributed by atoms with Gasteiger partial charge in [-0.1, -0.05) is 57.4 Å². The summed E-state index contributed by atoms with van der Waals surface area (Å²) in [5, 5.41) is 0. The van der Waals surface area contributed by atoms with Crippen LogP contribution in [0, 0.1) is 0 Å². The molecular formula is C31H63NO5P+. The average molecular weight is 561 g/mol. The van der Waals surface area contributed by atoms with Gasteiger partial charge in [-0.2, -0.15) is 0 Å². The van der Waals surface area contributed by atoms with Crippen molar-refractivity contribution in [1.29, 1.82) is 0 Å². The van der Waals surface area contributed by atoms with Crippen molar-refractivity contribution in [2.75, 3.05) is 41.0 Å². The van der Waals surface area contributed by atoms with E-state index < -0.39 is 19.0 Å². The fourth-order valence-corrected chi connectivity index (χ4v) is 6.36. The second kappa shape index (κ2) is 21.3. The number of allylic oxidation sites excluding steroid dienone is 4. The van der Waals surface area contributed by atoms with Crippen LogP contribution in [0.4, 0.5) is 0 Å². The fourth-order valence-electron chi connectivity index (χ4n) is 4.47. The SMILES string of the molecule is CCCCC/C=C\CCCC/C=C\CCCCCOC[C@H](COP(=O)(O)C(CC)[N+](C)(C)C)OC(C)(C)C. The first kappa shape index (κ1) is 37.5. The molecule has 0 heterocycles. The van der Waals surface area contributed by atoms with Gasteiger partial charge in [0.15, 0.2) is 5.78 Å². The second-order valence-electron chi connectivity index (χ2n) is 12.4. The zero-order valence-electron chi connectivity index (χ0n) is 26.3. The summed E-state index contributed by atoms with van der Waals surface area (Å²) in [4.78, 5) is 10.6. The minimum Gasteiger partial charge on any atom is -0.379 e. The zero-order chi connectivity index (χ0) is 28.9. The first-order chi connectivity index (χ1) is 17.8. The molecule has 1 N–H and O–H groups in total. The standard InChI is InChI=1S/C31H62NO5P/c1-9-11-12-13-14-15-16-17-18-19-20-21-22-23-24-25-26-35-27-29(37-31(3,4)5)28-36-38(33,34)30(10-2)32(6,7)8/h14-15,20-21,29-30H,9-13,16-19,22-28H2,1-8H3/p+1/b15-14-,21-20-/t29-,30?/m1/s1. The topological polar surface area (TPSA) is 65.0 Å². The minimum absolute atomic E-state index is 0.0432. The first-order valence-electron chi connectivity index (χ1n) is 15.2. The molecule has 0 saturated heterocycles. The van der Waals surface area contributed by atoms with Crippen molar-refractivity contribution in [3.05, 3.63) is 24.3 Å². The molecule has 0 rings (SSSR count). The normalized spacial score (nSPS) is 16.3. The van der Waals surface area contributed by atoms with Crippen molar-refractivity contribution >= 4 is 7.60 Å². The summed E-state index contributed by atoms with van der Waals surface area (Å²) in [7, 11) is 1.95. The summed E-state index contributed by atoms with van der Waals surface area (Å²) in [6.45, 7) is 11.1. The van der Waals surface area contributed by atoms with E-state index in [1.807, 2.05) is 48.8 Å². The summed E-state index contributed by atoms with van der Waals surface area (Å²) in [6.07, 6.45) is 24.1. The lowest BCUT2D eigenvalue weighted by molar-refractivity contribution is -0.883. The number of ether oxygens (including phenoxy) is 2. The molecule has 0 saturated carbocycles. The van der Waals surface area contributed by atoms with E-state index in [1.54, 1.807) is 0 Å². The van der Waals surface area contributed by atoms with Crippen molar-refractivity contribution in [1.82, 2.24) is 0 Å². The van der Waals surface area contributed by atoms with Crippen LogP contribution in [0.25, 0.3) is 0 Å². The minimum atomic E-state index is -3.79. The molecule has 38 heavy (non-hydrogen) atoms. The molecule has 0 amide bonds. The second-order valence-corrected chi connectivity index (χ2v) is 14.3. The first-order valence-corrected chi connectivity index (χ1v) is 16.8. The predicted molar refractivity (Wildman–Crippen MR) is 163 cm³/mol. The van der Waals surface area contributed by atoms with Crippen LogP contribution in [0.1, 0.15) is 118 Å². The average Bonchev–Trinajstić information content (AvgIpc) is 2.80. The molecule has 0 aliphatic rings. The van der Waals surface area contributed by atoms with E-state index in [9.17, 15) is 9.46 Å². The van der Waals surface area contributed by atoms with E-state index >= 15 is 0 Å². The number of unbranched alkanes of at least 4 members (excludes halogenated alkanes) is 9. The highest BCUT2D eigenvalue weighted by Gasteiger charge is 2.42. The summed E-state index contributed by atoms with van der Waals surface area (Å²) in [5.41, 5.74) is -0.391. The fraction of sp³-hybridized carbons (Fsp3) is 0.871. The van der Waals surface area contributed by atoms with Gasteiger partial charge in [0.1, 0.15) is 6.10 Å². The number of hydrogen-bond acceptors (Lipinski definition) is 4. The molecule has 0 aliphatic carbocycles. The van der Waals surface area contributed by atoms with Crippen LogP contribution in [-0.4, -0.2) is 67.8 Å². The Labute approximate surface area is 236 Å². The maximum Gasteiger partial charge on any atom is 0.385 e. The maximum absolute atomic E-state index is 12.9. The van der Waals surface area contributed by atoms with E-state index in [0.29, 0.717) is 24.1 Å². The molecule has 0 bridgehead atoms. The summed E-state index contributed by atoms with van der Waals surface area (Å²) in [5.74, 6) is -0.477. The Kier molecular flexibility index (Phi) is 21.0. The highest BCUT2D eigenvalue weighted by atomic mass is 31.2. The van der Waals surface area contributed by atoms with Gasteiger partial charge in [-0.3, -0.25) is 4.57 Å². The van der Waals surface area contributed by atoms with Gasteiger partial charge < -0.3 is 23.4 Å². The van der Waals surface area contributed by atoms with Crippen LogP contribution >= 0.6 is 7.60 Å². The van der Waals surface area contributed by atoms with Crippen LogP contribution in [-0.2, 0) is 18.6 Å². The molecule has 0 fully saturated rings. The lowest BCUT2D eigenvalue weighted by Crippen LogP contribution is -2.45. The van der Waals surface area contributed by atoms with Gasteiger partial charge in [0, 0.05) is 13.0 Å². The Morgan fingerprint density at radius 3 is 1.74 bits per heavy atom. The van der Waals surface area contributed by atoms with Gasteiger partial charge in [0.25, 0.3) is 0 Å². The van der Waals surface area contributed by atoms with Crippen molar-refractivity contribution < 1.29 is 27.9 Å². The summed E-state index contributed by atoms with van der Waals surface area (Å²) >= 11 is 0. The molecule has 226 valence electrons. The van der Waals surface area contributed by atoms with Gasteiger partial charge >= 0.3 is 7.60 Å². The Morgan fingerprint density at radius 1 is 0.789 bits per heavy atom. The van der Waals surface area contributed by atoms with Gasteiger partial charge in [-0.25, -0.2) is 0 Å². The highest BCUT2D eigenvalue weighted by molar-refractivity contribution is 7.53. The molecule has 0 aromatic rings. The van der Waals surface area contributed by atoms with E-state index in [-0.39, 0.29) is 12.7 Å². The smallest absolute Gasteiger partial charge is 0.379 e. The predicted octanol–water partition coefficient (Wildman–Crippen LogP) is 8.64. The number of rotatable bonds is 24. The summed E-state index contributed by atoms with van der Waals surface area (Å²) in [6, 6.07) is 0. The maximum atomic E-state index is 12.9. The van der Waals surface area contributed by atoms with E-state index in [0.717, 1.165) is 19.3 Å². The number of hydrogen-bond donors (Lipinski definition) is 1. The van der Waals surface area contributed by atoms with E-state index in [1.165, 1.54) is 57.8 Å². The lowest BCUT2D eigenvalue weighted by atomic mass is 10.1. The molecular weight excluding hydrogens is 497 g/mol. The largest absolute Gasteiger partial charge is 0.385 e. The molecule has 0 aromatic carbocycles. The quantitative estimate of drug-likeness (QED) is 0.0554.